The normalized spacial score (nSPS) is 15.9. The molecule has 0 spiro atoms. The maximum atomic E-state index is 12.1. The van der Waals surface area contributed by atoms with Crippen LogP contribution in [0.1, 0.15) is 47.7 Å². The van der Waals surface area contributed by atoms with Gasteiger partial charge in [-0.1, -0.05) is 42.5 Å². The van der Waals surface area contributed by atoms with Crippen LogP contribution in [0, 0.1) is 0 Å². The number of fused-ring (bicyclic) bond motifs is 4. The second-order valence-corrected chi connectivity index (χ2v) is 9.01. The smallest absolute Gasteiger partial charge is 0.222 e. The van der Waals surface area contributed by atoms with Crippen LogP contribution in [0.4, 0.5) is 0 Å². The number of aromatic nitrogens is 3. The number of methoxy groups -OCH3 is 1. The summed E-state index contributed by atoms with van der Waals surface area (Å²) in [5.41, 5.74) is 6.97. The summed E-state index contributed by atoms with van der Waals surface area (Å²) < 4.78 is 7.17. The third kappa shape index (κ3) is 4.56. The Morgan fingerprint density at radius 1 is 1.09 bits per heavy atom. The van der Waals surface area contributed by atoms with Gasteiger partial charge in [0.25, 0.3) is 0 Å². The van der Waals surface area contributed by atoms with Crippen molar-refractivity contribution in [1.82, 2.24) is 25.0 Å². The second kappa shape index (κ2) is 9.45. The van der Waals surface area contributed by atoms with Crippen molar-refractivity contribution >= 4 is 5.91 Å². The van der Waals surface area contributed by atoms with E-state index in [9.17, 15) is 4.79 Å². The molecule has 1 atom stereocenters. The van der Waals surface area contributed by atoms with Gasteiger partial charge in [-0.05, 0) is 41.2 Å². The molecule has 0 fully saturated rings. The quantitative estimate of drug-likeness (QED) is 0.473. The van der Waals surface area contributed by atoms with Crippen LogP contribution < -0.4 is 5.32 Å². The monoisotopic (exact) mass is 445 g/mol. The molecule has 172 valence electrons. The van der Waals surface area contributed by atoms with Crippen molar-refractivity contribution in [1.29, 1.82) is 0 Å². The number of hydrogen-bond acceptors (Lipinski definition) is 5. The average Bonchev–Trinajstić information content (AvgIpc) is 3.34. The van der Waals surface area contributed by atoms with Gasteiger partial charge in [0, 0.05) is 46.1 Å². The Bertz CT molecular complexity index is 1160. The van der Waals surface area contributed by atoms with Gasteiger partial charge >= 0.3 is 0 Å². The zero-order valence-corrected chi connectivity index (χ0v) is 19.4. The molecule has 2 heterocycles. The molecule has 7 heteroatoms. The van der Waals surface area contributed by atoms with Crippen LogP contribution in [0.15, 0.2) is 42.5 Å². The molecule has 1 N–H and O–H groups in total. The molecule has 1 aliphatic heterocycles. The van der Waals surface area contributed by atoms with Crippen LogP contribution in [0.25, 0.3) is 11.1 Å². The Kier molecular flexibility index (Phi) is 6.24. The zero-order valence-electron chi connectivity index (χ0n) is 19.4. The molecule has 1 amide bonds. The minimum atomic E-state index is -0.180. The number of nitrogens with one attached hydrogen (secondary N) is 1. The first kappa shape index (κ1) is 21.8. The van der Waals surface area contributed by atoms with E-state index in [1.54, 1.807) is 7.11 Å². The number of ether oxygens (including phenoxy) is 1. The molecular weight excluding hydrogens is 414 g/mol. The fourth-order valence-corrected chi connectivity index (χ4v) is 5.00. The number of carbonyl (C=O) groups is 1. The second-order valence-electron chi connectivity index (χ2n) is 9.01. The highest BCUT2D eigenvalue weighted by Gasteiger charge is 2.23. The first-order valence-electron chi connectivity index (χ1n) is 11.7. The molecule has 33 heavy (non-hydrogen) atoms. The highest BCUT2D eigenvalue weighted by atomic mass is 16.5. The predicted molar refractivity (Wildman–Crippen MR) is 127 cm³/mol. The molecule has 1 aliphatic carbocycles. The molecule has 0 bridgehead atoms. The maximum absolute atomic E-state index is 12.1. The lowest BCUT2D eigenvalue weighted by Crippen LogP contribution is -2.30. The summed E-state index contributed by atoms with van der Waals surface area (Å²) in [6, 6.07) is 15.5. The first-order chi connectivity index (χ1) is 16.1. The lowest BCUT2D eigenvalue weighted by atomic mass is 10.0. The molecule has 0 radical (unpaired) electrons. The average molecular weight is 446 g/mol. The fraction of sp³-hybridized carbons (Fsp3) is 0.423. The molecule has 1 aromatic heterocycles. The Morgan fingerprint density at radius 2 is 1.94 bits per heavy atom. The Labute approximate surface area is 194 Å². The summed E-state index contributed by atoms with van der Waals surface area (Å²) in [6.45, 7) is 6.02. The van der Waals surface area contributed by atoms with Crippen LogP contribution >= 0.6 is 0 Å². The maximum Gasteiger partial charge on any atom is 0.222 e. The van der Waals surface area contributed by atoms with Crippen molar-refractivity contribution < 1.29 is 9.53 Å². The van der Waals surface area contributed by atoms with E-state index in [1.165, 1.54) is 27.8 Å². The SMILES string of the molecule is COCCC(=O)NC(C)c1nnc2n1CCN(Cc1ccc3c(c1)Cc1ccccc1-3)CC2. The third-order valence-corrected chi connectivity index (χ3v) is 6.71. The van der Waals surface area contributed by atoms with Crippen molar-refractivity contribution in [2.45, 2.75) is 45.3 Å². The summed E-state index contributed by atoms with van der Waals surface area (Å²) in [4.78, 5) is 14.6. The highest BCUT2D eigenvalue weighted by Crippen LogP contribution is 2.36. The predicted octanol–water partition coefficient (Wildman–Crippen LogP) is 3.12. The summed E-state index contributed by atoms with van der Waals surface area (Å²) in [5.74, 6) is 1.79. The van der Waals surface area contributed by atoms with Crippen LogP contribution in [0.5, 0.6) is 0 Å². The minimum Gasteiger partial charge on any atom is -0.384 e. The van der Waals surface area contributed by atoms with Gasteiger partial charge in [0.2, 0.25) is 5.91 Å². The standard InChI is InChI=1S/C26H31N5O2/c1-18(27-25(32)10-14-33-2)26-29-28-24-9-11-30(12-13-31(24)26)17-19-7-8-23-21(15-19)16-20-5-3-4-6-22(20)23/h3-8,15,18H,9-14,16-17H2,1-2H3,(H,27,32). The van der Waals surface area contributed by atoms with Crippen molar-refractivity contribution in [2.24, 2.45) is 0 Å². The van der Waals surface area contributed by atoms with Gasteiger partial charge < -0.3 is 14.6 Å². The van der Waals surface area contributed by atoms with Gasteiger partial charge in [0.05, 0.1) is 12.6 Å². The van der Waals surface area contributed by atoms with Crippen molar-refractivity contribution in [3.63, 3.8) is 0 Å². The third-order valence-electron chi connectivity index (χ3n) is 6.71. The van der Waals surface area contributed by atoms with Crippen molar-refractivity contribution in [3.8, 4) is 11.1 Å². The summed E-state index contributed by atoms with van der Waals surface area (Å²) >= 11 is 0. The van der Waals surface area contributed by atoms with Crippen LogP contribution in [-0.2, 0) is 35.5 Å². The van der Waals surface area contributed by atoms with Gasteiger partial charge in [0.1, 0.15) is 5.82 Å². The van der Waals surface area contributed by atoms with E-state index >= 15 is 0 Å². The van der Waals surface area contributed by atoms with Crippen molar-refractivity contribution in [2.75, 3.05) is 26.8 Å². The van der Waals surface area contributed by atoms with E-state index in [4.69, 9.17) is 4.74 Å². The molecule has 5 rings (SSSR count). The van der Waals surface area contributed by atoms with Gasteiger partial charge in [-0.15, -0.1) is 10.2 Å². The first-order valence-corrected chi connectivity index (χ1v) is 11.7. The summed E-state index contributed by atoms with van der Waals surface area (Å²) in [7, 11) is 1.60. The molecule has 2 aliphatic rings. The van der Waals surface area contributed by atoms with Gasteiger partial charge in [-0.3, -0.25) is 9.69 Å². The molecular formula is C26H31N5O2. The highest BCUT2D eigenvalue weighted by molar-refractivity contribution is 5.77. The Morgan fingerprint density at radius 3 is 2.82 bits per heavy atom. The van der Waals surface area contributed by atoms with Crippen LogP contribution in [0.3, 0.4) is 0 Å². The van der Waals surface area contributed by atoms with Crippen LogP contribution in [-0.4, -0.2) is 52.4 Å². The minimum absolute atomic E-state index is 0.0318. The molecule has 7 nitrogen and oxygen atoms in total. The zero-order chi connectivity index (χ0) is 22.8. The summed E-state index contributed by atoms with van der Waals surface area (Å²) in [5, 5.41) is 11.8. The number of rotatable bonds is 7. The molecule has 0 saturated carbocycles. The van der Waals surface area contributed by atoms with Gasteiger partial charge in [0.15, 0.2) is 5.82 Å². The van der Waals surface area contributed by atoms with E-state index in [0.717, 1.165) is 50.7 Å². The van der Waals surface area contributed by atoms with Gasteiger partial charge in [-0.25, -0.2) is 0 Å². The number of nitrogens with zero attached hydrogens (tertiary/aromatic N) is 4. The number of hydrogen-bond donors (Lipinski definition) is 1. The number of benzene rings is 2. The largest absolute Gasteiger partial charge is 0.384 e. The Hall–Kier alpha value is -3.03. The summed E-state index contributed by atoms with van der Waals surface area (Å²) in [6.07, 6.45) is 2.23. The van der Waals surface area contributed by atoms with E-state index < -0.39 is 0 Å². The number of carbonyl (C=O) groups excluding carboxylic acids is 1. The fourth-order valence-electron chi connectivity index (χ4n) is 5.00. The van der Waals surface area contributed by atoms with Gasteiger partial charge in [-0.2, -0.15) is 0 Å². The van der Waals surface area contributed by atoms with E-state index in [1.807, 2.05) is 6.92 Å². The number of amides is 1. The van der Waals surface area contributed by atoms with E-state index in [-0.39, 0.29) is 11.9 Å². The molecule has 1 unspecified atom stereocenters. The molecule has 0 saturated heterocycles. The lowest BCUT2D eigenvalue weighted by Gasteiger charge is -2.20. The molecule has 2 aromatic carbocycles. The van der Waals surface area contributed by atoms with Crippen molar-refractivity contribution in [3.05, 3.63) is 70.8 Å². The van der Waals surface area contributed by atoms with E-state index in [0.29, 0.717) is 13.0 Å². The van der Waals surface area contributed by atoms with Crippen LogP contribution in [0.2, 0.25) is 0 Å². The van der Waals surface area contributed by atoms with E-state index in [2.05, 4.69) is 67.4 Å². The topological polar surface area (TPSA) is 72.3 Å². The Balaban J connectivity index is 1.23. The molecule has 3 aromatic rings. The lowest BCUT2D eigenvalue weighted by molar-refractivity contribution is -0.122.